The van der Waals surface area contributed by atoms with E-state index in [1.807, 2.05) is 17.8 Å². The first-order chi connectivity index (χ1) is 8.40. The van der Waals surface area contributed by atoms with Crippen molar-refractivity contribution >= 4 is 11.8 Å². The summed E-state index contributed by atoms with van der Waals surface area (Å²) in [6.45, 7) is 6.15. The van der Waals surface area contributed by atoms with Gasteiger partial charge in [0.05, 0.1) is 5.37 Å². The fourth-order valence-corrected chi connectivity index (χ4v) is 3.41. The van der Waals surface area contributed by atoms with E-state index in [1.165, 1.54) is 31.4 Å². The van der Waals surface area contributed by atoms with Gasteiger partial charge in [-0.15, -0.1) is 18.3 Å². The molecule has 0 radical (unpaired) electrons. The number of thioether (sulfide) groups is 1. The van der Waals surface area contributed by atoms with Crippen molar-refractivity contribution in [3.8, 4) is 0 Å². The first-order valence-electron chi connectivity index (χ1n) is 6.40. The van der Waals surface area contributed by atoms with E-state index in [1.54, 1.807) is 0 Å². The van der Waals surface area contributed by atoms with Gasteiger partial charge in [0.1, 0.15) is 0 Å². The molecule has 1 aromatic rings. The van der Waals surface area contributed by atoms with Crippen molar-refractivity contribution in [3.63, 3.8) is 0 Å². The number of hydrogen-bond donors (Lipinski definition) is 0. The lowest BCUT2D eigenvalue weighted by Crippen LogP contribution is -2.36. The monoisotopic (exact) mass is 247 g/mol. The summed E-state index contributed by atoms with van der Waals surface area (Å²) in [7, 11) is 0. The lowest BCUT2D eigenvalue weighted by Gasteiger charge is -2.35. The van der Waals surface area contributed by atoms with E-state index >= 15 is 0 Å². The number of likely N-dealkylation sites (tertiary alicyclic amines) is 1. The Labute approximate surface area is 109 Å². The molecule has 1 saturated heterocycles. The Kier molecular flexibility index (Phi) is 5.14. The lowest BCUT2D eigenvalue weighted by atomic mass is 10.1. The van der Waals surface area contributed by atoms with Crippen LogP contribution < -0.4 is 0 Å². The van der Waals surface area contributed by atoms with Crippen LogP contribution in [0.15, 0.2) is 43.0 Å². The van der Waals surface area contributed by atoms with Crippen LogP contribution in [0.25, 0.3) is 0 Å². The van der Waals surface area contributed by atoms with E-state index in [4.69, 9.17) is 0 Å². The van der Waals surface area contributed by atoms with Gasteiger partial charge >= 0.3 is 0 Å². The third-order valence-corrected chi connectivity index (χ3v) is 4.54. The Bertz CT molecular complexity index is 336. The van der Waals surface area contributed by atoms with E-state index in [-0.39, 0.29) is 0 Å². The second-order valence-corrected chi connectivity index (χ2v) is 5.74. The molecule has 0 aromatic heterocycles. The highest BCUT2D eigenvalue weighted by atomic mass is 32.2. The lowest BCUT2D eigenvalue weighted by molar-refractivity contribution is 0.198. The summed E-state index contributed by atoms with van der Waals surface area (Å²) in [4.78, 5) is 2.62. The molecule has 92 valence electrons. The van der Waals surface area contributed by atoms with Crippen molar-refractivity contribution in [1.29, 1.82) is 0 Å². The van der Waals surface area contributed by atoms with Gasteiger partial charge in [0.15, 0.2) is 0 Å². The fourth-order valence-electron chi connectivity index (χ4n) is 2.33. The Hall–Kier alpha value is -0.730. The molecule has 1 atom stereocenters. The highest BCUT2D eigenvalue weighted by Crippen LogP contribution is 2.27. The van der Waals surface area contributed by atoms with Crippen LogP contribution in [0.1, 0.15) is 24.8 Å². The predicted octanol–water partition coefficient (Wildman–Crippen LogP) is 3.92. The predicted molar refractivity (Wildman–Crippen MR) is 77.1 cm³/mol. The van der Waals surface area contributed by atoms with Gasteiger partial charge in [0.25, 0.3) is 0 Å². The van der Waals surface area contributed by atoms with Crippen molar-refractivity contribution in [1.82, 2.24) is 4.90 Å². The molecule has 1 nitrogen and oxygen atoms in total. The molecule has 0 bridgehead atoms. The molecular formula is C15H21NS. The van der Waals surface area contributed by atoms with Crippen LogP contribution in [0.4, 0.5) is 0 Å². The minimum absolute atomic E-state index is 0.682. The molecule has 1 aliphatic heterocycles. The molecule has 0 N–H and O–H groups in total. The van der Waals surface area contributed by atoms with E-state index in [0.29, 0.717) is 5.37 Å². The summed E-state index contributed by atoms with van der Waals surface area (Å²) in [6.07, 6.45) is 6.06. The molecule has 0 amide bonds. The summed E-state index contributed by atoms with van der Waals surface area (Å²) in [5, 5.41) is 0.682. The molecule has 0 saturated carbocycles. The number of piperidine rings is 1. The Morgan fingerprint density at radius 1 is 1.29 bits per heavy atom. The van der Waals surface area contributed by atoms with Crippen LogP contribution in [0, 0.1) is 0 Å². The molecule has 1 heterocycles. The maximum atomic E-state index is 3.81. The molecule has 1 fully saturated rings. The molecule has 2 rings (SSSR count). The maximum absolute atomic E-state index is 3.81. The molecule has 17 heavy (non-hydrogen) atoms. The van der Waals surface area contributed by atoms with Crippen LogP contribution in [0.2, 0.25) is 0 Å². The normalized spacial score (nSPS) is 21.3. The maximum Gasteiger partial charge on any atom is 0.0563 e. The Morgan fingerprint density at radius 3 is 2.88 bits per heavy atom. The van der Waals surface area contributed by atoms with E-state index < -0.39 is 0 Å². The Balaban J connectivity index is 1.94. The molecular weight excluding hydrogens is 226 g/mol. The van der Waals surface area contributed by atoms with Crippen molar-refractivity contribution in [3.05, 3.63) is 48.6 Å². The fraction of sp³-hybridized carbons (Fsp3) is 0.467. The summed E-state index contributed by atoms with van der Waals surface area (Å²) in [6, 6.07) is 10.8. The number of hydrogen-bond acceptors (Lipinski definition) is 2. The van der Waals surface area contributed by atoms with Crippen molar-refractivity contribution in [2.75, 3.05) is 12.3 Å². The van der Waals surface area contributed by atoms with Crippen molar-refractivity contribution in [2.45, 2.75) is 31.2 Å². The third-order valence-electron chi connectivity index (χ3n) is 3.19. The third kappa shape index (κ3) is 3.90. The summed E-state index contributed by atoms with van der Waals surface area (Å²) in [5.74, 6) is 1.07. The van der Waals surface area contributed by atoms with Gasteiger partial charge in [-0.3, -0.25) is 4.90 Å². The number of benzene rings is 1. The van der Waals surface area contributed by atoms with Gasteiger partial charge in [0.2, 0.25) is 0 Å². The largest absolute Gasteiger partial charge is 0.287 e. The number of nitrogens with zero attached hydrogens (tertiary/aromatic N) is 1. The SMILES string of the molecule is C=CCSC1CCCCN1Cc1ccccc1. The van der Waals surface area contributed by atoms with Gasteiger partial charge in [-0.1, -0.05) is 36.4 Å². The van der Waals surface area contributed by atoms with Crippen LogP contribution in [-0.4, -0.2) is 22.6 Å². The van der Waals surface area contributed by atoms with E-state index in [9.17, 15) is 0 Å². The van der Waals surface area contributed by atoms with Gasteiger partial charge in [0, 0.05) is 12.3 Å². The second-order valence-electron chi connectivity index (χ2n) is 4.53. The minimum Gasteiger partial charge on any atom is -0.287 e. The van der Waals surface area contributed by atoms with Crippen LogP contribution in [-0.2, 0) is 6.54 Å². The average molecular weight is 247 g/mol. The minimum atomic E-state index is 0.682. The highest BCUT2D eigenvalue weighted by molar-refractivity contribution is 7.99. The molecule has 2 heteroatoms. The van der Waals surface area contributed by atoms with Crippen LogP contribution in [0.3, 0.4) is 0 Å². The van der Waals surface area contributed by atoms with Crippen molar-refractivity contribution in [2.24, 2.45) is 0 Å². The topological polar surface area (TPSA) is 3.24 Å². The average Bonchev–Trinajstić information content (AvgIpc) is 2.39. The van der Waals surface area contributed by atoms with Crippen LogP contribution >= 0.6 is 11.8 Å². The van der Waals surface area contributed by atoms with Crippen molar-refractivity contribution < 1.29 is 0 Å². The zero-order chi connectivity index (χ0) is 11.9. The molecule has 0 aliphatic carbocycles. The smallest absolute Gasteiger partial charge is 0.0563 e. The van der Waals surface area contributed by atoms with Gasteiger partial charge in [-0.05, 0) is 31.4 Å². The van der Waals surface area contributed by atoms with E-state index in [0.717, 1.165) is 12.3 Å². The van der Waals surface area contributed by atoms with Gasteiger partial charge < -0.3 is 0 Å². The highest BCUT2D eigenvalue weighted by Gasteiger charge is 2.21. The molecule has 1 unspecified atom stereocenters. The molecule has 1 aromatic carbocycles. The molecule has 0 spiro atoms. The summed E-state index contributed by atoms with van der Waals surface area (Å²) >= 11 is 2.03. The first kappa shape index (κ1) is 12.7. The zero-order valence-corrected chi connectivity index (χ0v) is 11.2. The quantitative estimate of drug-likeness (QED) is 0.726. The first-order valence-corrected chi connectivity index (χ1v) is 7.45. The van der Waals surface area contributed by atoms with Gasteiger partial charge in [-0.25, -0.2) is 0 Å². The number of rotatable bonds is 5. The standard InChI is InChI=1S/C15H21NS/c1-2-12-17-15-10-6-7-11-16(15)13-14-8-4-3-5-9-14/h2-5,8-9,15H,1,6-7,10-13H2. The molecule has 1 aliphatic rings. The Morgan fingerprint density at radius 2 is 2.12 bits per heavy atom. The second kappa shape index (κ2) is 6.87. The van der Waals surface area contributed by atoms with E-state index in [2.05, 4.69) is 41.8 Å². The van der Waals surface area contributed by atoms with Crippen LogP contribution in [0.5, 0.6) is 0 Å². The van der Waals surface area contributed by atoms with Gasteiger partial charge in [-0.2, -0.15) is 0 Å². The summed E-state index contributed by atoms with van der Waals surface area (Å²) < 4.78 is 0. The summed E-state index contributed by atoms with van der Waals surface area (Å²) in [5.41, 5.74) is 1.43. The zero-order valence-electron chi connectivity index (χ0n) is 10.3.